The summed E-state index contributed by atoms with van der Waals surface area (Å²) < 4.78 is 23.9. The van der Waals surface area contributed by atoms with Gasteiger partial charge in [-0.3, -0.25) is 0 Å². The molecule has 116 valence electrons. The highest BCUT2D eigenvalue weighted by Gasteiger charge is 2.26. The third-order valence-corrected chi connectivity index (χ3v) is 4.34. The van der Waals surface area contributed by atoms with Gasteiger partial charge >= 0.3 is 0 Å². The molecule has 0 aromatic heterocycles. The van der Waals surface area contributed by atoms with Crippen LogP contribution in [-0.2, 0) is 6.42 Å². The summed E-state index contributed by atoms with van der Waals surface area (Å²) in [6.45, 7) is 3.06. The molecule has 1 heterocycles. The van der Waals surface area contributed by atoms with Gasteiger partial charge in [0.15, 0.2) is 11.5 Å². The summed E-state index contributed by atoms with van der Waals surface area (Å²) in [7, 11) is 3.30. The second kappa shape index (κ2) is 5.87. The van der Waals surface area contributed by atoms with Crippen LogP contribution in [0, 0.1) is 5.82 Å². The van der Waals surface area contributed by atoms with E-state index in [9.17, 15) is 4.39 Å². The maximum absolute atomic E-state index is 13.1. The van der Waals surface area contributed by atoms with Gasteiger partial charge in [-0.2, -0.15) is 0 Å². The lowest BCUT2D eigenvalue weighted by molar-refractivity contribution is 0.353. The van der Waals surface area contributed by atoms with Gasteiger partial charge in [0.1, 0.15) is 5.82 Å². The Bertz CT molecular complexity index is 670. The Morgan fingerprint density at radius 2 is 1.68 bits per heavy atom. The number of rotatable bonds is 3. The van der Waals surface area contributed by atoms with Gasteiger partial charge < -0.3 is 14.4 Å². The van der Waals surface area contributed by atoms with E-state index in [0.29, 0.717) is 0 Å². The van der Waals surface area contributed by atoms with E-state index < -0.39 is 0 Å². The first-order chi connectivity index (χ1) is 10.6. The van der Waals surface area contributed by atoms with Crippen LogP contribution in [0.2, 0.25) is 0 Å². The summed E-state index contributed by atoms with van der Waals surface area (Å²) in [4.78, 5) is 2.29. The second-order valence-corrected chi connectivity index (χ2v) is 5.50. The molecule has 1 aliphatic heterocycles. The van der Waals surface area contributed by atoms with Gasteiger partial charge in [-0.1, -0.05) is 0 Å². The normalized spacial score (nSPS) is 17.1. The van der Waals surface area contributed by atoms with E-state index in [-0.39, 0.29) is 11.9 Å². The van der Waals surface area contributed by atoms with E-state index in [2.05, 4.69) is 24.0 Å². The average molecular weight is 301 g/mol. The number of methoxy groups -OCH3 is 2. The maximum Gasteiger partial charge on any atom is 0.161 e. The fourth-order valence-corrected chi connectivity index (χ4v) is 3.13. The van der Waals surface area contributed by atoms with Crippen LogP contribution in [0.4, 0.5) is 10.1 Å². The van der Waals surface area contributed by atoms with Crippen molar-refractivity contribution in [2.24, 2.45) is 0 Å². The van der Waals surface area contributed by atoms with Crippen molar-refractivity contribution in [2.45, 2.75) is 19.4 Å². The minimum absolute atomic E-state index is 0.203. The van der Waals surface area contributed by atoms with Gasteiger partial charge in [-0.15, -0.1) is 0 Å². The van der Waals surface area contributed by atoms with E-state index >= 15 is 0 Å². The number of ether oxygens (including phenoxy) is 2. The largest absolute Gasteiger partial charge is 0.493 e. The zero-order chi connectivity index (χ0) is 15.7. The van der Waals surface area contributed by atoms with Crippen molar-refractivity contribution in [1.29, 1.82) is 0 Å². The monoisotopic (exact) mass is 301 g/mol. The quantitative estimate of drug-likeness (QED) is 0.856. The van der Waals surface area contributed by atoms with Gasteiger partial charge in [0.2, 0.25) is 0 Å². The van der Waals surface area contributed by atoms with E-state index in [4.69, 9.17) is 9.47 Å². The zero-order valence-electron chi connectivity index (χ0n) is 13.1. The molecule has 0 fully saturated rings. The van der Waals surface area contributed by atoms with Crippen molar-refractivity contribution >= 4 is 5.69 Å². The molecule has 0 bridgehead atoms. The first-order valence-electron chi connectivity index (χ1n) is 7.41. The minimum atomic E-state index is -0.208. The Kier molecular flexibility index (Phi) is 3.92. The van der Waals surface area contributed by atoms with Crippen LogP contribution < -0.4 is 14.4 Å². The predicted octanol–water partition coefficient (Wildman–Crippen LogP) is 3.97. The molecule has 2 aromatic rings. The minimum Gasteiger partial charge on any atom is -0.493 e. The fourth-order valence-electron chi connectivity index (χ4n) is 3.13. The molecular formula is C18H20FNO2. The number of fused-ring (bicyclic) bond motifs is 1. The van der Waals surface area contributed by atoms with Crippen molar-refractivity contribution in [2.75, 3.05) is 25.7 Å². The van der Waals surface area contributed by atoms with Crippen LogP contribution in [-0.4, -0.2) is 20.8 Å². The van der Waals surface area contributed by atoms with Gasteiger partial charge in [0.25, 0.3) is 0 Å². The molecule has 0 saturated carbocycles. The average Bonchev–Trinajstić information content (AvgIpc) is 2.55. The Hall–Kier alpha value is -2.23. The Morgan fingerprint density at radius 1 is 1.05 bits per heavy atom. The van der Waals surface area contributed by atoms with Crippen LogP contribution in [0.1, 0.15) is 24.1 Å². The molecule has 0 spiro atoms. The lowest BCUT2D eigenvalue weighted by Crippen LogP contribution is -2.34. The zero-order valence-corrected chi connectivity index (χ0v) is 13.1. The SMILES string of the molecule is COc1cc2c(cc1OC)C(C)N(c1ccc(F)cc1)CC2. The second-order valence-electron chi connectivity index (χ2n) is 5.50. The van der Waals surface area contributed by atoms with Gasteiger partial charge in [0.05, 0.1) is 20.3 Å². The predicted molar refractivity (Wildman–Crippen MR) is 85.4 cm³/mol. The van der Waals surface area contributed by atoms with Crippen molar-refractivity contribution in [3.63, 3.8) is 0 Å². The van der Waals surface area contributed by atoms with E-state index in [0.717, 1.165) is 30.2 Å². The molecule has 1 atom stereocenters. The molecule has 0 radical (unpaired) electrons. The molecule has 1 aliphatic rings. The molecule has 0 N–H and O–H groups in total. The third-order valence-electron chi connectivity index (χ3n) is 4.34. The topological polar surface area (TPSA) is 21.7 Å². The van der Waals surface area contributed by atoms with Gasteiger partial charge in [0, 0.05) is 12.2 Å². The molecule has 0 amide bonds. The number of hydrogen-bond acceptors (Lipinski definition) is 3. The molecule has 3 nitrogen and oxygen atoms in total. The summed E-state index contributed by atoms with van der Waals surface area (Å²) in [5, 5.41) is 0. The standard InChI is InChI=1S/C18H20FNO2/c1-12-16-11-18(22-3)17(21-2)10-13(16)8-9-20(12)15-6-4-14(19)5-7-15/h4-7,10-12H,8-9H2,1-3H3. The molecule has 0 aliphatic carbocycles. The van der Waals surface area contributed by atoms with E-state index in [1.807, 2.05) is 12.1 Å². The van der Waals surface area contributed by atoms with Crippen LogP contribution in [0.25, 0.3) is 0 Å². The first kappa shape index (κ1) is 14.7. The first-order valence-corrected chi connectivity index (χ1v) is 7.41. The van der Waals surface area contributed by atoms with Gasteiger partial charge in [-0.05, 0) is 60.9 Å². The summed E-state index contributed by atoms with van der Waals surface area (Å²) in [6, 6.07) is 11.0. The molecular weight excluding hydrogens is 281 g/mol. The number of anilines is 1. The van der Waals surface area contributed by atoms with E-state index in [1.54, 1.807) is 14.2 Å². The van der Waals surface area contributed by atoms with Crippen LogP contribution in [0.5, 0.6) is 11.5 Å². The van der Waals surface area contributed by atoms with E-state index in [1.165, 1.54) is 23.3 Å². The third kappa shape index (κ3) is 2.49. The van der Waals surface area contributed by atoms with Gasteiger partial charge in [-0.25, -0.2) is 4.39 Å². The van der Waals surface area contributed by atoms with Crippen LogP contribution in [0.3, 0.4) is 0 Å². The number of halogens is 1. The molecule has 22 heavy (non-hydrogen) atoms. The van der Waals surface area contributed by atoms with Crippen LogP contribution in [0.15, 0.2) is 36.4 Å². The summed E-state index contributed by atoms with van der Waals surface area (Å²) in [5.41, 5.74) is 3.55. The molecule has 1 unspecified atom stereocenters. The maximum atomic E-state index is 13.1. The lowest BCUT2D eigenvalue weighted by atomic mass is 9.92. The van der Waals surface area contributed by atoms with Crippen molar-refractivity contribution in [3.05, 3.63) is 53.3 Å². The highest BCUT2D eigenvalue weighted by molar-refractivity contribution is 5.56. The Morgan fingerprint density at radius 3 is 2.32 bits per heavy atom. The summed E-state index contributed by atoms with van der Waals surface area (Å²) in [6.07, 6.45) is 0.928. The number of benzene rings is 2. The molecule has 3 rings (SSSR count). The molecule has 0 saturated heterocycles. The Balaban J connectivity index is 1.97. The van der Waals surface area contributed by atoms with Crippen molar-refractivity contribution in [1.82, 2.24) is 0 Å². The highest BCUT2D eigenvalue weighted by atomic mass is 19.1. The highest BCUT2D eigenvalue weighted by Crippen LogP contribution is 2.39. The van der Waals surface area contributed by atoms with Crippen molar-refractivity contribution in [3.8, 4) is 11.5 Å². The number of nitrogens with zero attached hydrogens (tertiary/aromatic N) is 1. The lowest BCUT2D eigenvalue weighted by Gasteiger charge is -2.37. The molecule has 4 heteroatoms. The fraction of sp³-hybridized carbons (Fsp3) is 0.333. The summed E-state index contributed by atoms with van der Waals surface area (Å²) in [5.74, 6) is 1.30. The summed E-state index contributed by atoms with van der Waals surface area (Å²) >= 11 is 0. The van der Waals surface area contributed by atoms with Crippen molar-refractivity contribution < 1.29 is 13.9 Å². The smallest absolute Gasteiger partial charge is 0.161 e. The van der Waals surface area contributed by atoms with Crippen LogP contribution >= 0.6 is 0 Å². The number of hydrogen-bond donors (Lipinski definition) is 0. The molecule has 2 aromatic carbocycles. The Labute approximate surface area is 130 Å².